The minimum atomic E-state index is -1.24. The minimum absolute atomic E-state index is 0.00869. The van der Waals surface area contributed by atoms with Gasteiger partial charge in [-0.3, -0.25) is 0 Å². The molecule has 1 aromatic carbocycles. The third kappa shape index (κ3) is 6.39. The van der Waals surface area contributed by atoms with Gasteiger partial charge in [0.2, 0.25) is 0 Å². The molecule has 0 aliphatic carbocycles. The van der Waals surface area contributed by atoms with Gasteiger partial charge in [0.1, 0.15) is 12.6 Å². The number of primary amides is 1. The molecular weight excluding hydrogens is 278 g/mol. The second kappa shape index (κ2) is 8.54. The zero-order valence-corrected chi connectivity index (χ0v) is 11.3. The molecule has 1 rings (SSSR count). The molecule has 1 atom stereocenters. The molecule has 8 nitrogen and oxygen atoms in total. The second-order valence-corrected chi connectivity index (χ2v) is 4.05. The highest BCUT2D eigenvalue weighted by Crippen LogP contribution is 2.05. The average Bonchev–Trinajstić information content (AvgIpc) is 2.44. The van der Waals surface area contributed by atoms with Crippen LogP contribution in [0.3, 0.4) is 0 Å². The lowest BCUT2D eigenvalue weighted by molar-refractivity contribution is -0.139. The van der Waals surface area contributed by atoms with Gasteiger partial charge < -0.3 is 26.3 Å². The largest absolute Gasteiger partial charge is 0.448 e. The molecule has 0 spiro atoms. The van der Waals surface area contributed by atoms with Crippen molar-refractivity contribution in [1.82, 2.24) is 5.32 Å². The van der Waals surface area contributed by atoms with E-state index in [1.165, 1.54) is 0 Å². The van der Waals surface area contributed by atoms with Gasteiger partial charge in [-0.2, -0.15) is 0 Å². The van der Waals surface area contributed by atoms with Crippen LogP contribution in [0.1, 0.15) is 5.56 Å². The van der Waals surface area contributed by atoms with E-state index in [0.29, 0.717) is 0 Å². The number of rotatable bonds is 6. The van der Waals surface area contributed by atoms with Gasteiger partial charge in [0.05, 0.1) is 0 Å². The first-order chi connectivity index (χ1) is 10.0. The predicted molar refractivity (Wildman–Crippen MR) is 73.1 cm³/mol. The predicted octanol–water partition coefficient (Wildman–Crippen LogP) is -0.0955. The van der Waals surface area contributed by atoms with Gasteiger partial charge in [0, 0.05) is 13.0 Å². The van der Waals surface area contributed by atoms with Crippen LogP contribution in [-0.2, 0) is 20.7 Å². The van der Waals surface area contributed by atoms with Crippen LogP contribution in [-0.4, -0.2) is 37.3 Å². The summed E-state index contributed by atoms with van der Waals surface area (Å²) >= 11 is 0. The van der Waals surface area contributed by atoms with Gasteiger partial charge in [-0.05, 0) is 5.56 Å². The summed E-state index contributed by atoms with van der Waals surface area (Å²) in [4.78, 5) is 33.9. The van der Waals surface area contributed by atoms with E-state index in [-0.39, 0.29) is 19.6 Å². The molecule has 0 heterocycles. The molecule has 0 aliphatic heterocycles. The van der Waals surface area contributed by atoms with E-state index in [4.69, 9.17) is 16.2 Å². The van der Waals surface area contributed by atoms with Crippen molar-refractivity contribution < 1.29 is 23.9 Å². The van der Waals surface area contributed by atoms with E-state index in [1.54, 1.807) is 24.3 Å². The zero-order valence-electron chi connectivity index (χ0n) is 11.3. The Bertz CT molecular complexity index is 492. The summed E-state index contributed by atoms with van der Waals surface area (Å²) in [7, 11) is 0. The molecule has 0 saturated heterocycles. The number of benzene rings is 1. The monoisotopic (exact) mass is 295 g/mol. The maximum atomic E-state index is 11.7. The number of carbonyl (C=O) groups excluding carboxylic acids is 3. The van der Waals surface area contributed by atoms with Gasteiger partial charge in [-0.1, -0.05) is 30.3 Å². The van der Waals surface area contributed by atoms with Crippen LogP contribution in [0.5, 0.6) is 0 Å². The summed E-state index contributed by atoms with van der Waals surface area (Å²) in [5.74, 6) is -0.962. The van der Waals surface area contributed by atoms with Gasteiger partial charge >= 0.3 is 18.2 Å². The number of hydrogen-bond donors (Lipinski definition) is 3. The number of esters is 1. The third-order valence-corrected chi connectivity index (χ3v) is 2.41. The van der Waals surface area contributed by atoms with Crippen LogP contribution in [0.25, 0.3) is 0 Å². The molecule has 0 aromatic heterocycles. The maximum Gasteiger partial charge on any atom is 0.412 e. The lowest BCUT2D eigenvalue weighted by atomic mass is 10.1. The van der Waals surface area contributed by atoms with Gasteiger partial charge in [0.25, 0.3) is 0 Å². The first kappa shape index (κ1) is 16.4. The second-order valence-electron chi connectivity index (χ2n) is 4.05. The number of alkyl carbamates (subject to hydrolysis) is 1. The third-order valence-electron chi connectivity index (χ3n) is 2.41. The lowest BCUT2D eigenvalue weighted by Crippen LogP contribution is -2.45. The van der Waals surface area contributed by atoms with Crippen molar-refractivity contribution in [3.63, 3.8) is 0 Å². The summed E-state index contributed by atoms with van der Waals surface area (Å²) in [5, 5.41) is 2.31. The highest BCUT2D eigenvalue weighted by Gasteiger charge is 2.25. The Morgan fingerprint density at radius 2 is 1.86 bits per heavy atom. The molecule has 0 radical (unpaired) electrons. The molecule has 1 unspecified atom stereocenters. The first-order valence-electron chi connectivity index (χ1n) is 6.21. The molecule has 0 aliphatic rings. The fraction of sp³-hybridized carbons (Fsp3) is 0.308. The zero-order chi connectivity index (χ0) is 15.7. The normalized spacial score (nSPS) is 11.3. The van der Waals surface area contributed by atoms with E-state index < -0.39 is 24.2 Å². The Morgan fingerprint density at radius 3 is 2.43 bits per heavy atom. The SMILES string of the molecule is NCCOC(=O)NC(Cc1ccccc1)C(=O)OC(N)=O. The summed E-state index contributed by atoms with van der Waals surface area (Å²) < 4.78 is 9.01. The molecule has 1 aromatic rings. The molecule has 21 heavy (non-hydrogen) atoms. The van der Waals surface area contributed by atoms with E-state index in [2.05, 4.69) is 10.1 Å². The fourth-order valence-corrected chi connectivity index (χ4v) is 1.55. The van der Waals surface area contributed by atoms with Crippen molar-refractivity contribution in [3.05, 3.63) is 35.9 Å². The van der Waals surface area contributed by atoms with Crippen LogP contribution in [0.4, 0.5) is 9.59 Å². The summed E-state index contributed by atoms with van der Waals surface area (Å²) in [6.45, 7) is 0.164. The van der Waals surface area contributed by atoms with Crippen molar-refractivity contribution in [3.8, 4) is 0 Å². The van der Waals surface area contributed by atoms with Crippen LogP contribution >= 0.6 is 0 Å². The number of carbonyl (C=O) groups is 3. The highest BCUT2D eigenvalue weighted by molar-refractivity contribution is 5.89. The molecule has 0 bridgehead atoms. The van der Waals surface area contributed by atoms with Crippen LogP contribution in [0, 0.1) is 0 Å². The molecule has 8 heteroatoms. The van der Waals surface area contributed by atoms with Crippen molar-refractivity contribution >= 4 is 18.2 Å². The number of amides is 2. The minimum Gasteiger partial charge on any atom is -0.448 e. The van der Waals surface area contributed by atoms with Crippen molar-refractivity contribution in [1.29, 1.82) is 0 Å². The Morgan fingerprint density at radius 1 is 1.19 bits per heavy atom. The average molecular weight is 295 g/mol. The summed E-state index contributed by atoms with van der Waals surface area (Å²) in [6, 6.07) is 7.79. The molecule has 0 saturated carbocycles. The van der Waals surface area contributed by atoms with Gasteiger partial charge in [-0.15, -0.1) is 0 Å². The Balaban J connectivity index is 2.72. The lowest BCUT2D eigenvalue weighted by Gasteiger charge is -2.16. The maximum absolute atomic E-state index is 11.7. The molecule has 114 valence electrons. The topological polar surface area (TPSA) is 134 Å². The first-order valence-corrected chi connectivity index (χ1v) is 6.21. The Labute approximate surface area is 121 Å². The smallest absolute Gasteiger partial charge is 0.412 e. The van der Waals surface area contributed by atoms with Crippen molar-refractivity contribution in [2.75, 3.05) is 13.2 Å². The van der Waals surface area contributed by atoms with Crippen LogP contribution < -0.4 is 16.8 Å². The molecule has 5 N–H and O–H groups in total. The van der Waals surface area contributed by atoms with E-state index >= 15 is 0 Å². The molecular formula is C13H17N3O5. The number of hydrogen-bond acceptors (Lipinski definition) is 6. The number of nitrogens with one attached hydrogen (secondary N) is 1. The van der Waals surface area contributed by atoms with Gasteiger partial charge in [0.15, 0.2) is 0 Å². The van der Waals surface area contributed by atoms with Gasteiger partial charge in [-0.25, -0.2) is 14.4 Å². The Hall–Kier alpha value is -2.61. The highest BCUT2D eigenvalue weighted by atomic mass is 16.6. The number of ether oxygens (including phenoxy) is 2. The fourth-order valence-electron chi connectivity index (χ4n) is 1.55. The van der Waals surface area contributed by atoms with Crippen molar-refractivity contribution in [2.24, 2.45) is 11.5 Å². The molecule has 0 fully saturated rings. The van der Waals surface area contributed by atoms with E-state index in [0.717, 1.165) is 5.56 Å². The summed E-state index contributed by atoms with van der Waals surface area (Å²) in [6.07, 6.45) is -1.94. The molecule has 2 amide bonds. The van der Waals surface area contributed by atoms with E-state index in [9.17, 15) is 14.4 Å². The van der Waals surface area contributed by atoms with Crippen molar-refractivity contribution in [2.45, 2.75) is 12.5 Å². The summed E-state index contributed by atoms with van der Waals surface area (Å²) in [5.41, 5.74) is 10.8. The quantitative estimate of drug-likeness (QED) is 0.496. The van der Waals surface area contributed by atoms with Crippen LogP contribution in [0.2, 0.25) is 0 Å². The van der Waals surface area contributed by atoms with E-state index in [1.807, 2.05) is 6.07 Å². The Kier molecular flexibility index (Phi) is 6.69. The van der Waals surface area contributed by atoms with Crippen LogP contribution in [0.15, 0.2) is 30.3 Å². The number of nitrogens with two attached hydrogens (primary N) is 2. The standard InChI is InChI=1S/C13H17N3O5/c14-6-7-20-13(19)16-10(11(17)21-12(15)18)8-9-4-2-1-3-5-9/h1-5,10H,6-8,14H2,(H2,15,18)(H,16,19).